The van der Waals surface area contributed by atoms with E-state index in [0.717, 1.165) is 0 Å². The Morgan fingerprint density at radius 1 is 1.70 bits per heavy atom. The zero-order valence-corrected chi connectivity index (χ0v) is 6.59. The largest absolute Gasteiger partial charge is 0.298 e. The van der Waals surface area contributed by atoms with E-state index in [1.54, 1.807) is 6.08 Å². The van der Waals surface area contributed by atoms with Crippen molar-refractivity contribution in [2.75, 3.05) is 6.54 Å². The van der Waals surface area contributed by atoms with E-state index in [9.17, 15) is 0 Å². The number of nitrogens with one attached hydrogen (secondary N) is 1. The molecule has 1 unspecified atom stereocenters. The van der Waals surface area contributed by atoms with Crippen LogP contribution < -0.4 is 5.32 Å². The van der Waals surface area contributed by atoms with Crippen LogP contribution in [0.15, 0.2) is 12.7 Å². The highest BCUT2D eigenvalue weighted by atomic mass is 14.9. The van der Waals surface area contributed by atoms with Crippen molar-refractivity contribution in [3.8, 4) is 6.07 Å². The molecule has 0 saturated carbocycles. The highest BCUT2D eigenvalue weighted by Crippen LogP contribution is 1.98. The molecular weight excluding hydrogens is 124 g/mol. The Bertz CT molecular complexity index is 133. The summed E-state index contributed by atoms with van der Waals surface area (Å²) in [5.41, 5.74) is 0. The average Bonchev–Trinajstić information content (AvgIpc) is 1.89. The summed E-state index contributed by atoms with van der Waals surface area (Å²) in [5, 5.41) is 11.6. The maximum atomic E-state index is 8.58. The lowest BCUT2D eigenvalue weighted by molar-refractivity contribution is 0.493. The molecule has 0 rings (SSSR count). The van der Waals surface area contributed by atoms with Crippen molar-refractivity contribution < 1.29 is 0 Å². The number of hydrogen-bond acceptors (Lipinski definition) is 2. The first-order valence-corrected chi connectivity index (χ1v) is 3.46. The van der Waals surface area contributed by atoms with E-state index in [4.69, 9.17) is 5.26 Å². The second-order valence-electron chi connectivity index (χ2n) is 2.55. The highest BCUT2D eigenvalue weighted by molar-refractivity contribution is 4.93. The maximum absolute atomic E-state index is 8.58. The number of nitriles is 1. The van der Waals surface area contributed by atoms with E-state index in [0.29, 0.717) is 12.5 Å². The molecule has 0 aliphatic heterocycles. The van der Waals surface area contributed by atoms with E-state index in [2.05, 4.69) is 18.0 Å². The lowest BCUT2D eigenvalue weighted by Gasteiger charge is -2.12. The monoisotopic (exact) mass is 138 g/mol. The van der Waals surface area contributed by atoms with Crippen LogP contribution in [0.5, 0.6) is 0 Å². The Hall–Kier alpha value is -0.810. The summed E-state index contributed by atoms with van der Waals surface area (Å²) < 4.78 is 0. The lowest BCUT2D eigenvalue weighted by Crippen LogP contribution is -2.32. The molecule has 0 fully saturated rings. The third-order valence-corrected chi connectivity index (χ3v) is 1.29. The summed E-state index contributed by atoms with van der Waals surface area (Å²) in [4.78, 5) is 0. The molecule has 56 valence electrons. The van der Waals surface area contributed by atoms with Crippen LogP contribution in [0.3, 0.4) is 0 Å². The van der Waals surface area contributed by atoms with Crippen molar-refractivity contribution >= 4 is 0 Å². The van der Waals surface area contributed by atoms with E-state index in [-0.39, 0.29) is 6.04 Å². The van der Waals surface area contributed by atoms with Crippen LogP contribution in [0.4, 0.5) is 0 Å². The van der Waals surface area contributed by atoms with Gasteiger partial charge in [-0.05, 0) is 5.92 Å². The highest BCUT2D eigenvalue weighted by Gasteiger charge is 2.08. The molecule has 0 aliphatic rings. The summed E-state index contributed by atoms with van der Waals surface area (Å²) in [5.74, 6) is 0.366. The van der Waals surface area contributed by atoms with E-state index < -0.39 is 0 Å². The van der Waals surface area contributed by atoms with Crippen molar-refractivity contribution in [1.29, 1.82) is 5.26 Å². The van der Waals surface area contributed by atoms with Crippen molar-refractivity contribution in [1.82, 2.24) is 5.32 Å². The lowest BCUT2D eigenvalue weighted by atomic mass is 10.1. The van der Waals surface area contributed by atoms with Gasteiger partial charge in [-0.25, -0.2) is 0 Å². The Labute approximate surface area is 62.5 Å². The minimum Gasteiger partial charge on any atom is -0.298 e. The quantitative estimate of drug-likeness (QED) is 0.594. The molecule has 0 bridgehead atoms. The first-order chi connectivity index (χ1) is 4.72. The van der Waals surface area contributed by atoms with Crippen molar-refractivity contribution in [2.45, 2.75) is 19.9 Å². The molecule has 10 heavy (non-hydrogen) atoms. The van der Waals surface area contributed by atoms with Crippen LogP contribution in [0, 0.1) is 17.2 Å². The maximum Gasteiger partial charge on any atom is 0.0978 e. The molecule has 0 aromatic carbocycles. The zero-order valence-electron chi connectivity index (χ0n) is 6.59. The predicted octanol–water partition coefficient (Wildman–Crippen LogP) is 1.31. The molecule has 0 saturated heterocycles. The molecular formula is C8H14N2. The molecule has 0 aromatic heterocycles. The molecule has 0 radical (unpaired) electrons. The smallest absolute Gasteiger partial charge is 0.0978 e. The predicted molar refractivity (Wildman–Crippen MR) is 42.4 cm³/mol. The Morgan fingerprint density at radius 2 is 2.30 bits per heavy atom. The van der Waals surface area contributed by atoms with Gasteiger partial charge in [0, 0.05) is 6.54 Å². The number of nitrogens with zero attached hydrogens (tertiary/aromatic N) is 1. The summed E-state index contributed by atoms with van der Waals surface area (Å²) in [6.07, 6.45) is 1.76. The van der Waals surface area contributed by atoms with Crippen LogP contribution in [0.2, 0.25) is 0 Å². The van der Waals surface area contributed by atoms with Gasteiger partial charge < -0.3 is 0 Å². The minimum atomic E-state index is -0.0435. The normalized spacial score (nSPS) is 12.6. The molecule has 0 spiro atoms. The fourth-order valence-corrected chi connectivity index (χ4v) is 0.641. The van der Waals surface area contributed by atoms with Gasteiger partial charge in [-0.1, -0.05) is 19.9 Å². The third-order valence-electron chi connectivity index (χ3n) is 1.29. The first kappa shape index (κ1) is 9.19. The van der Waals surface area contributed by atoms with Gasteiger partial charge in [-0.15, -0.1) is 6.58 Å². The summed E-state index contributed by atoms with van der Waals surface area (Å²) >= 11 is 0. The Kier molecular flexibility index (Phi) is 4.61. The second kappa shape index (κ2) is 5.01. The SMILES string of the molecule is C=CCNC(C#N)C(C)C. The summed E-state index contributed by atoms with van der Waals surface area (Å²) in [7, 11) is 0. The van der Waals surface area contributed by atoms with Gasteiger partial charge in [0.2, 0.25) is 0 Å². The van der Waals surface area contributed by atoms with E-state index >= 15 is 0 Å². The molecule has 1 N–H and O–H groups in total. The molecule has 0 heterocycles. The van der Waals surface area contributed by atoms with Gasteiger partial charge >= 0.3 is 0 Å². The van der Waals surface area contributed by atoms with Gasteiger partial charge in [0.15, 0.2) is 0 Å². The summed E-state index contributed by atoms with van der Waals surface area (Å²) in [6.45, 7) is 8.29. The van der Waals surface area contributed by atoms with Crippen LogP contribution >= 0.6 is 0 Å². The first-order valence-electron chi connectivity index (χ1n) is 3.46. The molecule has 0 aromatic rings. The van der Waals surface area contributed by atoms with Crippen LogP contribution in [0.25, 0.3) is 0 Å². The van der Waals surface area contributed by atoms with Crippen molar-refractivity contribution in [3.05, 3.63) is 12.7 Å². The van der Waals surface area contributed by atoms with Crippen LogP contribution in [-0.4, -0.2) is 12.6 Å². The fraction of sp³-hybridized carbons (Fsp3) is 0.625. The fourth-order valence-electron chi connectivity index (χ4n) is 0.641. The van der Waals surface area contributed by atoms with Gasteiger partial charge in [0.1, 0.15) is 0 Å². The Morgan fingerprint density at radius 3 is 2.60 bits per heavy atom. The number of rotatable bonds is 4. The third kappa shape index (κ3) is 3.26. The van der Waals surface area contributed by atoms with E-state index in [1.807, 2.05) is 13.8 Å². The van der Waals surface area contributed by atoms with Crippen LogP contribution in [0.1, 0.15) is 13.8 Å². The van der Waals surface area contributed by atoms with Crippen molar-refractivity contribution in [2.24, 2.45) is 5.92 Å². The summed E-state index contributed by atoms with van der Waals surface area (Å²) in [6, 6.07) is 2.13. The van der Waals surface area contributed by atoms with Gasteiger partial charge in [-0.2, -0.15) is 5.26 Å². The standard InChI is InChI=1S/C8H14N2/c1-4-5-10-8(6-9)7(2)3/h4,7-8,10H,1,5H2,2-3H3. The van der Waals surface area contributed by atoms with Crippen molar-refractivity contribution in [3.63, 3.8) is 0 Å². The average molecular weight is 138 g/mol. The van der Waals surface area contributed by atoms with E-state index in [1.165, 1.54) is 0 Å². The van der Waals surface area contributed by atoms with Gasteiger partial charge in [0.05, 0.1) is 12.1 Å². The molecule has 2 heteroatoms. The molecule has 2 nitrogen and oxygen atoms in total. The zero-order chi connectivity index (χ0) is 7.98. The Balaban J connectivity index is 3.63. The molecule has 0 amide bonds. The second-order valence-corrected chi connectivity index (χ2v) is 2.55. The van der Waals surface area contributed by atoms with Crippen LogP contribution in [-0.2, 0) is 0 Å². The molecule has 0 aliphatic carbocycles. The minimum absolute atomic E-state index is 0.0435. The topological polar surface area (TPSA) is 35.8 Å². The molecule has 1 atom stereocenters. The van der Waals surface area contributed by atoms with Gasteiger partial charge in [0.25, 0.3) is 0 Å². The van der Waals surface area contributed by atoms with Gasteiger partial charge in [-0.3, -0.25) is 5.32 Å². The number of hydrogen-bond donors (Lipinski definition) is 1.